The summed E-state index contributed by atoms with van der Waals surface area (Å²) >= 11 is 0. The Balaban J connectivity index is 3.34. The molecule has 0 rings (SSSR count). The molecule has 0 saturated heterocycles. The molecule has 1 N–H and O–H groups in total. The third kappa shape index (κ3) is 8.22. The zero-order chi connectivity index (χ0) is 10.3. The average molecular weight is 188 g/mol. The SMILES string of the molecule is CCC(O)CCN(C)CCN(C)C. The highest BCUT2D eigenvalue weighted by molar-refractivity contribution is 4.58. The first-order chi connectivity index (χ1) is 6.06. The Bertz CT molecular complexity index is 117. The lowest BCUT2D eigenvalue weighted by molar-refractivity contribution is 0.141. The fourth-order valence-electron chi connectivity index (χ4n) is 1.06. The maximum atomic E-state index is 9.35. The Hall–Kier alpha value is -0.120. The van der Waals surface area contributed by atoms with E-state index in [0.29, 0.717) is 0 Å². The van der Waals surface area contributed by atoms with Crippen molar-refractivity contribution in [2.75, 3.05) is 40.8 Å². The van der Waals surface area contributed by atoms with Crippen molar-refractivity contribution in [3.05, 3.63) is 0 Å². The summed E-state index contributed by atoms with van der Waals surface area (Å²) in [6, 6.07) is 0. The molecule has 80 valence electrons. The molecule has 3 nitrogen and oxygen atoms in total. The second-order valence-electron chi connectivity index (χ2n) is 3.96. The minimum absolute atomic E-state index is 0.123. The molecule has 0 fully saturated rings. The maximum Gasteiger partial charge on any atom is 0.0549 e. The van der Waals surface area contributed by atoms with Crippen LogP contribution in [0.2, 0.25) is 0 Å². The quantitative estimate of drug-likeness (QED) is 0.635. The first kappa shape index (κ1) is 12.9. The van der Waals surface area contributed by atoms with Gasteiger partial charge in [-0.3, -0.25) is 0 Å². The van der Waals surface area contributed by atoms with Crippen LogP contribution in [0.4, 0.5) is 0 Å². The standard InChI is InChI=1S/C10H24N2O/c1-5-10(13)6-7-12(4)9-8-11(2)3/h10,13H,5-9H2,1-4H3. The number of likely N-dealkylation sites (N-methyl/N-ethyl adjacent to an activating group) is 2. The van der Waals surface area contributed by atoms with Gasteiger partial charge in [-0.05, 0) is 34.0 Å². The number of rotatable bonds is 7. The monoisotopic (exact) mass is 188 g/mol. The van der Waals surface area contributed by atoms with Gasteiger partial charge in [0.1, 0.15) is 0 Å². The maximum absolute atomic E-state index is 9.35. The normalized spacial score (nSPS) is 14.1. The molecule has 0 saturated carbocycles. The smallest absolute Gasteiger partial charge is 0.0549 e. The summed E-state index contributed by atoms with van der Waals surface area (Å²) in [6.07, 6.45) is 1.63. The zero-order valence-corrected chi connectivity index (χ0v) is 9.45. The highest BCUT2D eigenvalue weighted by atomic mass is 16.3. The zero-order valence-electron chi connectivity index (χ0n) is 9.45. The number of nitrogens with zero attached hydrogens (tertiary/aromatic N) is 2. The van der Waals surface area contributed by atoms with Crippen molar-refractivity contribution in [3.63, 3.8) is 0 Å². The number of hydrogen-bond acceptors (Lipinski definition) is 3. The summed E-state index contributed by atoms with van der Waals surface area (Å²) in [4.78, 5) is 4.44. The van der Waals surface area contributed by atoms with Crippen LogP contribution in [-0.2, 0) is 0 Å². The number of aliphatic hydroxyl groups is 1. The summed E-state index contributed by atoms with van der Waals surface area (Å²) in [5, 5.41) is 9.35. The van der Waals surface area contributed by atoms with Gasteiger partial charge in [0.15, 0.2) is 0 Å². The second kappa shape index (κ2) is 7.30. The van der Waals surface area contributed by atoms with Gasteiger partial charge >= 0.3 is 0 Å². The van der Waals surface area contributed by atoms with Crippen molar-refractivity contribution in [1.29, 1.82) is 0 Å². The van der Waals surface area contributed by atoms with E-state index in [-0.39, 0.29) is 6.10 Å². The van der Waals surface area contributed by atoms with E-state index in [0.717, 1.165) is 32.5 Å². The Morgan fingerprint density at radius 2 is 1.69 bits per heavy atom. The van der Waals surface area contributed by atoms with E-state index in [1.54, 1.807) is 0 Å². The van der Waals surface area contributed by atoms with Crippen LogP contribution in [0, 0.1) is 0 Å². The molecule has 0 spiro atoms. The Morgan fingerprint density at radius 1 is 1.08 bits per heavy atom. The molecule has 0 heterocycles. The van der Waals surface area contributed by atoms with Crippen LogP contribution in [0.15, 0.2) is 0 Å². The van der Waals surface area contributed by atoms with Gasteiger partial charge in [0.2, 0.25) is 0 Å². The van der Waals surface area contributed by atoms with Crippen LogP contribution >= 0.6 is 0 Å². The summed E-state index contributed by atoms with van der Waals surface area (Å²) < 4.78 is 0. The minimum atomic E-state index is -0.123. The van der Waals surface area contributed by atoms with Gasteiger partial charge in [0, 0.05) is 19.6 Å². The molecule has 1 atom stereocenters. The van der Waals surface area contributed by atoms with Crippen molar-refractivity contribution in [3.8, 4) is 0 Å². The van der Waals surface area contributed by atoms with Crippen molar-refractivity contribution in [2.24, 2.45) is 0 Å². The molecule has 0 radical (unpaired) electrons. The van der Waals surface area contributed by atoms with Crippen LogP contribution in [0.3, 0.4) is 0 Å². The van der Waals surface area contributed by atoms with Crippen LogP contribution in [0.5, 0.6) is 0 Å². The van der Waals surface area contributed by atoms with Gasteiger partial charge in [-0.15, -0.1) is 0 Å². The van der Waals surface area contributed by atoms with E-state index >= 15 is 0 Å². The first-order valence-electron chi connectivity index (χ1n) is 5.07. The molecule has 13 heavy (non-hydrogen) atoms. The van der Waals surface area contributed by atoms with E-state index in [9.17, 15) is 5.11 Å². The van der Waals surface area contributed by atoms with Crippen LogP contribution in [0.1, 0.15) is 19.8 Å². The lowest BCUT2D eigenvalue weighted by Crippen LogP contribution is -2.30. The highest BCUT2D eigenvalue weighted by Crippen LogP contribution is 1.97. The summed E-state index contributed by atoms with van der Waals surface area (Å²) in [6.45, 7) is 5.16. The summed E-state index contributed by atoms with van der Waals surface area (Å²) in [5.41, 5.74) is 0. The lowest BCUT2D eigenvalue weighted by atomic mass is 10.2. The Labute approximate surface area is 82.3 Å². The van der Waals surface area contributed by atoms with E-state index in [4.69, 9.17) is 0 Å². The second-order valence-corrected chi connectivity index (χ2v) is 3.96. The molecule has 0 bridgehead atoms. The van der Waals surface area contributed by atoms with E-state index in [1.165, 1.54) is 0 Å². The molecule has 0 aliphatic carbocycles. The van der Waals surface area contributed by atoms with Crippen molar-refractivity contribution < 1.29 is 5.11 Å². The van der Waals surface area contributed by atoms with Crippen molar-refractivity contribution >= 4 is 0 Å². The van der Waals surface area contributed by atoms with Crippen LogP contribution in [-0.4, -0.2) is 61.8 Å². The van der Waals surface area contributed by atoms with Gasteiger partial charge in [0.05, 0.1) is 6.10 Å². The lowest BCUT2D eigenvalue weighted by Gasteiger charge is -2.20. The Kier molecular flexibility index (Phi) is 7.23. The average Bonchev–Trinajstić information content (AvgIpc) is 2.10. The molecule has 0 aliphatic heterocycles. The van der Waals surface area contributed by atoms with Crippen LogP contribution in [0.25, 0.3) is 0 Å². The molecular formula is C10H24N2O. The highest BCUT2D eigenvalue weighted by Gasteiger charge is 2.03. The summed E-state index contributed by atoms with van der Waals surface area (Å²) in [5.74, 6) is 0. The van der Waals surface area contributed by atoms with Crippen molar-refractivity contribution in [2.45, 2.75) is 25.9 Å². The molecule has 0 aromatic rings. The summed E-state index contributed by atoms with van der Waals surface area (Å²) in [7, 11) is 6.26. The third-order valence-corrected chi connectivity index (χ3v) is 2.24. The Morgan fingerprint density at radius 3 is 2.15 bits per heavy atom. The molecular weight excluding hydrogens is 164 g/mol. The number of hydrogen-bond donors (Lipinski definition) is 1. The minimum Gasteiger partial charge on any atom is -0.393 e. The van der Waals surface area contributed by atoms with E-state index in [1.807, 2.05) is 6.92 Å². The number of aliphatic hydroxyl groups excluding tert-OH is 1. The predicted molar refractivity (Wildman–Crippen MR) is 57.0 cm³/mol. The van der Waals surface area contributed by atoms with Gasteiger partial charge < -0.3 is 14.9 Å². The fourth-order valence-corrected chi connectivity index (χ4v) is 1.06. The van der Waals surface area contributed by atoms with Crippen molar-refractivity contribution in [1.82, 2.24) is 9.80 Å². The van der Waals surface area contributed by atoms with Gasteiger partial charge in [0.25, 0.3) is 0 Å². The van der Waals surface area contributed by atoms with E-state index in [2.05, 4.69) is 30.9 Å². The topological polar surface area (TPSA) is 26.7 Å². The fraction of sp³-hybridized carbons (Fsp3) is 1.00. The molecule has 0 aromatic heterocycles. The van der Waals surface area contributed by atoms with Gasteiger partial charge in [-0.1, -0.05) is 6.92 Å². The molecule has 0 aromatic carbocycles. The largest absolute Gasteiger partial charge is 0.393 e. The third-order valence-electron chi connectivity index (χ3n) is 2.24. The molecule has 0 aliphatic rings. The van der Waals surface area contributed by atoms with E-state index < -0.39 is 0 Å². The molecule has 0 amide bonds. The first-order valence-corrected chi connectivity index (χ1v) is 5.07. The predicted octanol–water partition coefficient (Wildman–Crippen LogP) is 0.641. The van der Waals surface area contributed by atoms with Gasteiger partial charge in [-0.2, -0.15) is 0 Å². The van der Waals surface area contributed by atoms with Gasteiger partial charge in [-0.25, -0.2) is 0 Å². The van der Waals surface area contributed by atoms with Crippen LogP contribution < -0.4 is 0 Å². The molecule has 3 heteroatoms. The molecule has 1 unspecified atom stereocenters.